The molecule has 0 aromatic rings. The first-order valence-electron chi connectivity index (χ1n) is 3.18. The zero-order valence-corrected chi connectivity index (χ0v) is 11.0. The third-order valence-corrected chi connectivity index (χ3v) is 0.368. The summed E-state index contributed by atoms with van der Waals surface area (Å²) in [6.45, 7) is 10.0. The Hall–Kier alpha value is -0.697. The molecule has 0 rings (SSSR count). The van der Waals surface area contributed by atoms with E-state index in [0.29, 0.717) is 12.2 Å². The van der Waals surface area contributed by atoms with Gasteiger partial charge in [-0.25, -0.2) is 9.59 Å². The maximum absolute atomic E-state index is 9.55. The summed E-state index contributed by atoms with van der Waals surface area (Å²) in [4.78, 5) is 19.1. The summed E-state index contributed by atoms with van der Waals surface area (Å²) >= 11 is 0. The monoisotopic (exact) mass is 238 g/mol. The van der Waals surface area contributed by atoms with E-state index in [1.807, 2.05) is 0 Å². The van der Waals surface area contributed by atoms with Crippen molar-refractivity contribution in [1.82, 2.24) is 0 Å². The maximum Gasteiger partial charge on any atom is 2.00 e. The summed E-state index contributed by atoms with van der Waals surface area (Å²) in [5, 5.41) is 15.6. The van der Waals surface area contributed by atoms with Gasteiger partial charge in [0.15, 0.2) is 0 Å². The molecule has 72 valence electrons. The molecule has 0 amide bonds. The molecule has 0 saturated heterocycles. The van der Waals surface area contributed by atoms with Crippen LogP contribution in [0.5, 0.6) is 0 Å². The van der Waals surface area contributed by atoms with Crippen molar-refractivity contribution in [2.24, 2.45) is 0 Å². The van der Waals surface area contributed by atoms with Gasteiger partial charge < -0.3 is 24.1 Å². The van der Waals surface area contributed by atoms with E-state index in [0.717, 1.165) is 0 Å². The minimum absolute atomic E-state index is 0. The Morgan fingerprint density at radius 1 is 0.923 bits per heavy atom. The number of hydrogen-bond donors (Lipinski definition) is 2. The fourth-order valence-corrected chi connectivity index (χ4v) is 0.143. The van der Waals surface area contributed by atoms with Crippen molar-refractivity contribution in [3.8, 4) is 0 Å². The second kappa shape index (κ2) is 22.5. The Morgan fingerprint density at radius 2 is 1.08 bits per heavy atom. The van der Waals surface area contributed by atoms with Crippen LogP contribution in [-0.2, 0) is 29.1 Å². The van der Waals surface area contributed by atoms with Crippen LogP contribution in [0, 0.1) is 13.8 Å². The van der Waals surface area contributed by atoms with Crippen molar-refractivity contribution in [3.63, 3.8) is 0 Å². The second-order valence-corrected chi connectivity index (χ2v) is 1.01. The summed E-state index contributed by atoms with van der Waals surface area (Å²) in [6.07, 6.45) is 1.12. The third kappa shape index (κ3) is 52.8. The standard InChI is InChI=1S/C4H4O4.2C2H5.Zn/c5-3(6)1-2-4(7)8;2*1-2;/h1-2H,(H,5,6)(H,7,8);2*1H2,2H3;/q;2*-1;+2/b2-1+;;;. The van der Waals surface area contributed by atoms with Crippen molar-refractivity contribution >= 4 is 11.9 Å². The predicted molar refractivity (Wildman–Crippen MR) is 46.5 cm³/mol. The van der Waals surface area contributed by atoms with Crippen molar-refractivity contribution in [3.05, 3.63) is 26.0 Å². The first-order chi connectivity index (χ1) is 5.63. The van der Waals surface area contributed by atoms with Gasteiger partial charge in [-0.3, -0.25) is 0 Å². The summed E-state index contributed by atoms with van der Waals surface area (Å²) in [5.74, 6) is -2.51. The molecule has 0 radical (unpaired) electrons. The van der Waals surface area contributed by atoms with Crippen molar-refractivity contribution < 1.29 is 39.3 Å². The Bertz CT molecular complexity index is 127. The van der Waals surface area contributed by atoms with Crippen LogP contribution < -0.4 is 0 Å². The van der Waals surface area contributed by atoms with Crippen LogP contribution in [0.2, 0.25) is 0 Å². The number of aliphatic carboxylic acids is 2. The SMILES string of the molecule is O=C(O)/C=C/C(=O)O.[CH2-]C.[CH2-]C.[Zn+2]. The van der Waals surface area contributed by atoms with Gasteiger partial charge in [-0.1, -0.05) is 0 Å². The molecule has 5 heteroatoms. The largest absolute Gasteiger partial charge is 2.00 e. The fraction of sp³-hybridized carbons (Fsp3) is 0.250. The topological polar surface area (TPSA) is 74.6 Å². The van der Waals surface area contributed by atoms with Crippen LogP contribution >= 0.6 is 0 Å². The van der Waals surface area contributed by atoms with Crippen LogP contribution in [0.4, 0.5) is 0 Å². The molecule has 0 bridgehead atoms. The molecule has 0 aliphatic rings. The van der Waals surface area contributed by atoms with Gasteiger partial charge in [0.1, 0.15) is 0 Å². The first kappa shape index (κ1) is 22.8. The molecule has 0 aromatic heterocycles. The van der Waals surface area contributed by atoms with E-state index in [-0.39, 0.29) is 19.5 Å². The molecule has 2 N–H and O–H groups in total. The van der Waals surface area contributed by atoms with E-state index in [9.17, 15) is 9.59 Å². The molecular formula is C8H14O4Zn. The van der Waals surface area contributed by atoms with Gasteiger partial charge in [-0.05, 0) is 0 Å². The molecule has 0 fully saturated rings. The summed E-state index contributed by atoms with van der Waals surface area (Å²) in [6, 6.07) is 0. The Morgan fingerprint density at radius 3 is 1.15 bits per heavy atom. The number of rotatable bonds is 2. The van der Waals surface area contributed by atoms with Gasteiger partial charge in [-0.15, -0.1) is 0 Å². The quantitative estimate of drug-likeness (QED) is 0.434. The molecule has 0 spiro atoms. The molecule has 13 heavy (non-hydrogen) atoms. The summed E-state index contributed by atoms with van der Waals surface area (Å²) in [7, 11) is 0. The normalized spacial score (nSPS) is 6.77. The maximum atomic E-state index is 9.55. The van der Waals surface area contributed by atoms with Gasteiger partial charge in [0.25, 0.3) is 0 Å². The molecule has 0 unspecified atom stereocenters. The minimum atomic E-state index is -1.26. The number of hydrogen-bond acceptors (Lipinski definition) is 2. The Kier molecular flexibility index (Phi) is 39.5. The minimum Gasteiger partial charge on any atom is -0.478 e. The Labute approximate surface area is 91.4 Å². The molecule has 0 atom stereocenters. The summed E-state index contributed by atoms with van der Waals surface area (Å²) < 4.78 is 0. The molecular weight excluding hydrogens is 225 g/mol. The van der Waals surface area contributed by atoms with E-state index in [1.165, 1.54) is 0 Å². The predicted octanol–water partition coefficient (Wildman–Crippen LogP) is 1.39. The number of carbonyl (C=O) groups is 2. The molecule has 0 aromatic carbocycles. The van der Waals surface area contributed by atoms with Gasteiger partial charge in [0.05, 0.1) is 0 Å². The second-order valence-electron chi connectivity index (χ2n) is 1.01. The van der Waals surface area contributed by atoms with E-state index in [1.54, 1.807) is 13.8 Å². The van der Waals surface area contributed by atoms with Crippen LogP contribution in [0.15, 0.2) is 12.2 Å². The van der Waals surface area contributed by atoms with Gasteiger partial charge in [0.2, 0.25) is 0 Å². The Balaban J connectivity index is -0.0000000712. The zero-order chi connectivity index (χ0) is 10.6. The number of carboxylic acids is 2. The average Bonchev–Trinajstić information content (AvgIpc) is 2.08. The van der Waals surface area contributed by atoms with E-state index >= 15 is 0 Å². The third-order valence-electron chi connectivity index (χ3n) is 0.368. The van der Waals surface area contributed by atoms with E-state index in [2.05, 4.69) is 13.8 Å². The molecule has 0 aliphatic heterocycles. The van der Waals surface area contributed by atoms with Crippen molar-refractivity contribution in [2.45, 2.75) is 13.8 Å². The van der Waals surface area contributed by atoms with Gasteiger partial charge in [0, 0.05) is 12.2 Å². The summed E-state index contributed by atoms with van der Waals surface area (Å²) in [5.41, 5.74) is 0. The molecule has 0 heterocycles. The van der Waals surface area contributed by atoms with Crippen LogP contribution in [0.3, 0.4) is 0 Å². The van der Waals surface area contributed by atoms with E-state index in [4.69, 9.17) is 10.2 Å². The smallest absolute Gasteiger partial charge is 0.478 e. The van der Waals surface area contributed by atoms with Gasteiger partial charge >= 0.3 is 31.4 Å². The fourth-order valence-electron chi connectivity index (χ4n) is 0.143. The molecule has 0 saturated carbocycles. The van der Waals surface area contributed by atoms with Crippen LogP contribution in [-0.4, -0.2) is 22.2 Å². The molecule has 4 nitrogen and oxygen atoms in total. The average molecular weight is 240 g/mol. The number of carboxylic acid groups (broad SMARTS) is 2. The van der Waals surface area contributed by atoms with E-state index < -0.39 is 11.9 Å². The van der Waals surface area contributed by atoms with Crippen LogP contribution in [0.1, 0.15) is 13.8 Å². The zero-order valence-electron chi connectivity index (χ0n) is 7.99. The first-order valence-corrected chi connectivity index (χ1v) is 3.18. The van der Waals surface area contributed by atoms with Crippen molar-refractivity contribution in [2.75, 3.05) is 0 Å². The van der Waals surface area contributed by atoms with Crippen molar-refractivity contribution in [1.29, 1.82) is 0 Å². The molecule has 0 aliphatic carbocycles. The van der Waals surface area contributed by atoms with Gasteiger partial charge in [-0.2, -0.15) is 13.8 Å². The van der Waals surface area contributed by atoms with Crippen LogP contribution in [0.25, 0.3) is 0 Å².